The predicted molar refractivity (Wildman–Crippen MR) is 67.1 cm³/mol. The Kier molecular flexibility index (Phi) is 3.80. The van der Waals surface area contributed by atoms with Gasteiger partial charge in [0.25, 0.3) is 0 Å². The molecule has 0 fully saturated rings. The molecule has 5 nitrogen and oxygen atoms in total. The summed E-state index contributed by atoms with van der Waals surface area (Å²) in [7, 11) is 0. The van der Waals surface area contributed by atoms with Crippen LogP contribution in [0.5, 0.6) is 5.88 Å². The van der Waals surface area contributed by atoms with Gasteiger partial charge in [-0.3, -0.25) is 4.99 Å². The van der Waals surface area contributed by atoms with Gasteiger partial charge in [-0.25, -0.2) is 4.98 Å². The highest BCUT2D eigenvalue weighted by Crippen LogP contribution is 2.13. The van der Waals surface area contributed by atoms with Gasteiger partial charge in [0.15, 0.2) is 5.96 Å². The maximum Gasteiger partial charge on any atom is 0.218 e. The van der Waals surface area contributed by atoms with E-state index in [2.05, 4.69) is 27.5 Å². The van der Waals surface area contributed by atoms with Crippen molar-refractivity contribution in [2.45, 2.75) is 26.4 Å². The quantitative estimate of drug-likeness (QED) is 0.813. The minimum absolute atomic E-state index is 0.415. The van der Waals surface area contributed by atoms with Crippen LogP contribution in [-0.2, 0) is 6.54 Å². The lowest BCUT2D eigenvalue weighted by Gasteiger charge is -2.11. The van der Waals surface area contributed by atoms with Crippen molar-refractivity contribution in [3.05, 3.63) is 23.9 Å². The topological polar surface area (TPSA) is 58.5 Å². The molecule has 1 aliphatic heterocycles. The number of nitrogens with one attached hydrogen (secondary N) is 2. The van der Waals surface area contributed by atoms with Crippen LogP contribution in [0, 0.1) is 0 Å². The van der Waals surface area contributed by atoms with Gasteiger partial charge in [-0.1, -0.05) is 6.07 Å². The van der Waals surface area contributed by atoms with Crippen molar-refractivity contribution in [1.82, 2.24) is 15.6 Å². The molecule has 2 N–H and O–H groups in total. The third kappa shape index (κ3) is 3.09. The third-order valence-electron chi connectivity index (χ3n) is 2.48. The molecular weight excluding hydrogens is 216 g/mol. The van der Waals surface area contributed by atoms with Crippen LogP contribution in [0.25, 0.3) is 0 Å². The molecule has 0 spiro atoms. The first-order valence-corrected chi connectivity index (χ1v) is 5.91. The van der Waals surface area contributed by atoms with Gasteiger partial charge in [0, 0.05) is 24.3 Å². The summed E-state index contributed by atoms with van der Waals surface area (Å²) in [6.07, 6.45) is 1.74. The minimum Gasteiger partial charge on any atom is -0.478 e. The van der Waals surface area contributed by atoms with Crippen LogP contribution in [0.15, 0.2) is 23.3 Å². The van der Waals surface area contributed by atoms with E-state index in [0.717, 1.165) is 18.1 Å². The van der Waals surface area contributed by atoms with Crippen molar-refractivity contribution >= 4 is 5.96 Å². The summed E-state index contributed by atoms with van der Waals surface area (Å²) in [6.45, 7) is 6.18. The first-order chi connectivity index (χ1) is 8.29. The number of aliphatic imine (C=N–C) groups is 1. The number of aromatic nitrogens is 1. The maximum atomic E-state index is 5.46. The molecule has 0 aliphatic carbocycles. The Labute approximate surface area is 101 Å². The first kappa shape index (κ1) is 11.7. The Morgan fingerprint density at radius 1 is 1.59 bits per heavy atom. The summed E-state index contributed by atoms with van der Waals surface area (Å²) >= 11 is 0. The van der Waals surface area contributed by atoms with E-state index < -0.39 is 0 Å². The maximum absolute atomic E-state index is 5.46. The van der Waals surface area contributed by atoms with E-state index in [4.69, 9.17) is 4.74 Å². The smallest absolute Gasteiger partial charge is 0.218 e. The van der Waals surface area contributed by atoms with Gasteiger partial charge in [-0.2, -0.15) is 0 Å². The molecule has 0 saturated carbocycles. The van der Waals surface area contributed by atoms with Gasteiger partial charge in [-0.15, -0.1) is 0 Å². The zero-order valence-corrected chi connectivity index (χ0v) is 10.2. The Balaban J connectivity index is 1.94. The Morgan fingerprint density at radius 3 is 3.18 bits per heavy atom. The molecule has 5 heteroatoms. The number of ether oxygens (including phenoxy) is 1. The zero-order chi connectivity index (χ0) is 12.1. The van der Waals surface area contributed by atoms with E-state index in [-0.39, 0.29) is 0 Å². The van der Waals surface area contributed by atoms with Crippen LogP contribution in [0.1, 0.15) is 19.4 Å². The molecule has 1 unspecified atom stereocenters. The molecule has 17 heavy (non-hydrogen) atoms. The Hall–Kier alpha value is -1.78. The molecule has 1 atom stereocenters. The molecule has 0 aromatic carbocycles. The van der Waals surface area contributed by atoms with E-state index in [1.54, 1.807) is 6.20 Å². The number of hydrogen-bond acceptors (Lipinski definition) is 5. The van der Waals surface area contributed by atoms with Crippen molar-refractivity contribution in [2.24, 2.45) is 4.99 Å². The SMILES string of the molecule is CCOc1ncccc1CNC1=NCC(C)N1. The summed E-state index contributed by atoms with van der Waals surface area (Å²) in [5, 5.41) is 6.50. The highest BCUT2D eigenvalue weighted by atomic mass is 16.5. The van der Waals surface area contributed by atoms with Crippen LogP contribution in [0.2, 0.25) is 0 Å². The van der Waals surface area contributed by atoms with Crippen molar-refractivity contribution in [3.8, 4) is 5.88 Å². The first-order valence-electron chi connectivity index (χ1n) is 5.91. The van der Waals surface area contributed by atoms with E-state index >= 15 is 0 Å². The third-order valence-corrected chi connectivity index (χ3v) is 2.48. The average molecular weight is 234 g/mol. The summed E-state index contributed by atoms with van der Waals surface area (Å²) in [5.41, 5.74) is 1.04. The fourth-order valence-electron chi connectivity index (χ4n) is 1.66. The highest BCUT2D eigenvalue weighted by molar-refractivity contribution is 5.81. The van der Waals surface area contributed by atoms with Crippen molar-refractivity contribution in [2.75, 3.05) is 13.2 Å². The van der Waals surface area contributed by atoms with Gasteiger partial charge in [0.1, 0.15) is 0 Å². The molecule has 0 amide bonds. The van der Waals surface area contributed by atoms with E-state index in [1.165, 1.54) is 0 Å². The molecule has 1 aliphatic rings. The molecule has 0 radical (unpaired) electrons. The van der Waals surface area contributed by atoms with E-state index in [0.29, 0.717) is 25.1 Å². The van der Waals surface area contributed by atoms with E-state index in [1.807, 2.05) is 19.1 Å². The van der Waals surface area contributed by atoms with Crippen LogP contribution in [0.3, 0.4) is 0 Å². The number of rotatable bonds is 4. The summed E-state index contributed by atoms with van der Waals surface area (Å²) in [6, 6.07) is 4.33. The van der Waals surface area contributed by atoms with Gasteiger partial charge < -0.3 is 15.4 Å². The van der Waals surface area contributed by atoms with Crippen LogP contribution in [-0.4, -0.2) is 30.1 Å². The molecule has 0 saturated heterocycles. The van der Waals surface area contributed by atoms with Gasteiger partial charge in [0.05, 0.1) is 13.2 Å². The standard InChI is InChI=1S/C12H18N4O/c1-3-17-11-10(5-4-6-13-11)8-15-12-14-7-9(2)16-12/h4-6,9H,3,7-8H2,1-2H3,(H2,14,15,16). The normalized spacial score (nSPS) is 18.5. The summed E-state index contributed by atoms with van der Waals surface area (Å²) in [5.74, 6) is 1.54. The fourth-order valence-corrected chi connectivity index (χ4v) is 1.66. The lowest BCUT2D eigenvalue weighted by molar-refractivity contribution is 0.322. The second kappa shape index (κ2) is 5.52. The summed E-state index contributed by atoms with van der Waals surface area (Å²) < 4.78 is 5.46. The van der Waals surface area contributed by atoms with Crippen LogP contribution < -0.4 is 15.4 Å². The molecule has 92 valence electrons. The van der Waals surface area contributed by atoms with Crippen molar-refractivity contribution < 1.29 is 4.74 Å². The molecule has 1 aromatic rings. The average Bonchev–Trinajstić information content (AvgIpc) is 2.74. The van der Waals surface area contributed by atoms with Crippen LogP contribution in [0.4, 0.5) is 0 Å². The number of pyridine rings is 1. The molecule has 2 rings (SSSR count). The lowest BCUT2D eigenvalue weighted by Crippen LogP contribution is -2.37. The second-order valence-electron chi connectivity index (χ2n) is 3.99. The molecule has 2 heterocycles. The number of hydrogen-bond donors (Lipinski definition) is 2. The monoisotopic (exact) mass is 234 g/mol. The second-order valence-corrected chi connectivity index (χ2v) is 3.99. The van der Waals surface area contributed by atoms with Gasteiger partial charge in [-0.05, 0) is 19.9 Å². The Bertz CT molecular complexity index is 405. The number of nitrogens with zero attached hydrogens (tertiary/aromatic N) is 2. The Morgan fingerprint density at radius 2 is 2.47 bits per heavy atom. The summed E-state index contributed by atoms with van der Waals surface area (Å²) in [4.78, 5) is 8.55. The lowest BCUT2D eigenvalue weighted by atomic mass is 10.2. The van der Waals surface area contributed by atoms with Crippen molar-refractivity contribution in [3.63, 3.8) is 0 Å². The molecule has 0 bridgehead atoms. The van der Waals surface area contributed by atoms with E-state index in [9.17, 15) is 0 Å². The highest BCUT2D eigenvalue weighted by Gasteiger charge is 2.12. The molecular formula is C12H18N4O. The molecule has 1 aromatic heterocycles. The minimum atomic E-state index is 0.415. The fraction of sp³-hybridized carbons (Fsp3) is 0.500. The largest absolute Gasteiger partial charge is 0.478 e. The van der Waals surface area contributed by atoms with Crippen LogP contribution >= 0.6 is 0 Å². The zero-order valence-electron chi connectivity index (χ0n) is 10.2. The predicted octanol–water partition coefficient (Wildman–Crippen LogP) is 0.918. The van der Waals surface area contributed by atoms with Crippen molar-refractivity contribution in [1.29, 1.82) is 0 Å². The van der Waals surface area contributed by atoms with Gasteiger partial charge >= 0.3 is 0 Å². The number of guanidine groups is 1. The van der Waals surface area contributed by atoms with Gasteiger partial charge in [0.2, 0.25) is 5.88 Å².